The van der Waals surface area contributed by atoms with E-state index in [9.17, 15) is 9.59 Å². The second kappa shape index (κ2) is 11.7. The second-order valence-electron chi connectivity index (χ2n) is 10.7. The molecule has 0 amide bonds. The average Bonchev–Trinajstić information content (AvgIpc) is 3.53. The van der Waals surface area contributed by atoms with Crippen LogP contribution in [0.1, 0.15) is 42.1 Å². The van der Waals surface area contributed by atoms with E-state index in [0.29, 0.717) is 37.7 Å². The Morgan fingerprint density at radius 1 is 1.02 bits per heavy atom. The Labute approximate surface area is 258 Å². The molecule has 224 valence electrons. The van der Waals surface area contributed by atoms with Crippen LogP contribution in [0.3, 0.4) is 0 Å². The molecule has 5 aromatic rings. The van der Waals surface area contributed by atoms with Gasteiger partial charge in [-0.05, 0) is 68.7 Å². The van der Waals surface area contributed by atoms with Gasteiger partial charge in [0.05, 0.1) is 48.4 Å². The van der Waals surface area contributed by atoms with Crippen LogP contribution in [0.2, 0.25) is 0 Å². The lowest BCUT2D eigenvalue weighted by molar-refractivity contribution is -0.139. The number of fused-ring (bicyclic) bond motifs is 2. The molecule has 6 rings (SSSR count). The number of allylic oxidation sites excluding steroid dienone is 1. The standard InChI is InChI=1S/C35H33N3O5S/c1-7-43-34(40)29-21(4)36-35-38(32(29)23-13-14-26(41-5)27(17-23)42-6)33(39)28(44-35)18-25-24-16-19(2)15-20(3)30(24)37-31(25)22-11-9-8-10-12-22/h8-18,32,37H,7H2,1-6H3/b28-18+/t32-/m1/s1. The highest BCUT2D eigenvalue weighted by atomic mass is 32.1. The van der Waals surface area contributed by atoms with Gasteiger partial charge in [-0.1, -0.05) is 59.4 Å². The van der Waals surface area contributed by atoms with Gasteiger partial charge in [0.25, 0.3) is 5.56 Å². The Morgan fingerprint density at radius 2 is 1.77 bits per heavy atom. The quantitative estimate of drug-likeness (QED) is 0.244. The van der Waals surface area contributed by atoms with Crippen LogP contribution in [0.15, 0.2) is 81.7 Å². The van der Waals surface area contributed by atoms with Crippen molar-refractivity contribution in [3.63, 3.8) is 0 Å². The summed E-state index contributed by atoms with van der Waals surface area (Å²) in [6.07, 6.45) is 1.94. The van der Waals surface area contributed by atoms with Gasteiger partial charge in [-0.15, -0.1) is 0 Å². The monoisotopic (exact) mass is 607 g/mol. The van der Waals surface area contributed by atoms with Crippen LogP contribution in [-0.2, 0) is 9.53 Å². The normalized spacial score (nSPS) is 14.9. The van der Waals surface area contributed by atoms with E-state index in [2.05, 4.69) is 43.1 Å². The van der Waals surface area contributed by atoms with Crippen molar-refractivity contribution < 1.29 is 19.0 Å². The fourth-order valence-electron chi connectivity index (χ4n) is 5.92. The number of methoxy groups -OCH3 is 2. The zero-order valence-electron chi connectivity index (χ0n) is 25.5. The first-order valence-corrected chi connectivity index (χ1v) is 15.2. The Bertz CT molecular complexity index is 2140. The van der Waals surface area contributed by atoms with Crippen LogP contribution in [0.5, 0.6) is 11.5 Å². The van der Waals surface area contributed by atoms with Crippen molar-refractivity contribution in [1.82, 2.24) is 9.55 Å². The van der Waals surface area contributed by atoms with Gasteiger partial charge < -0.3 is 19.2 Å². The number of nitrogens with one attached hydrogen (secondary N) is 1. The lowest BCUT2D eigenvalue weighted by Gasteiger charge is -2.25. The van der Waals surface area contributed by atoms with Gasteiger partial charge in [-0.3, -0.25) is 9.36 Å². The largest absolute Gasteiger partial charge is 0.493 e. The first-order chi connectivity index (χ1) is 21.2. The minimum Gasteiger partial charge on any atom is -0.493 e. The van der Waals surface area contributed by atoms with Crippen molar-refractivity contribution in [2.45, 2.75) is 33.7 Å². The van der Waals surface area contributed by atoms with E-state index in [1.54, 1.807) is 44.8 Å². The van der Waals surface area contributed by atoms with E-state index in [0.717, 1.165) is 38.9 Å². The zero-order valence-corrected chi connectivity index (χ0v) is 26.3. The highest BCUT2D eigenvalue weighted by Gasteiger charge is 2.34. The molecule has 0 radical (unpaired) electrons. The molecule has 2 aromatic heterocycles. The predicted molar refractivity (Wildman–Crippen MR) is 173 cm³/mol. The average molecular weight is 608 g/mol. The topological polar surface area (TPSA) is 94.9 Å². The van der Waals surface area contributed by atoms with Crippen LogP contribution in [0.25, 0.3) is 28.2 Å². The minimum atomic E-state index is -0.770. The number of aromatic nitrogens is 2. The molecule has 0 saturated carbocycles. The molecular formula is C35H33N3O5S. The number of benzene rings is 3. The maximum atomic E-state index is 14.4. The first kappa shape index (κ1) is 29.2. The molecule has 1 aliphatic rings. The summed E-state index contributed by atoms with van der Waals surface area (Å²) in [7, 11) is 3.11. The fourth-order valence-corrected chi connectivity index (χ4v) is 6.94. The van der Waals surface area contributed by atoms with Gasteiger partial charge in [-0.2, -0.15) is 0 Å². The number of thiazole rings is 1. The number of rotatable bonds is 7. The molecule has 0 unspecified atom stereocenters. The number of carbonyl (C=O) groups excluding carboxylic acids is 1. The number of hydrogen-bond acceptors (Lipinski definition) is 7. The van der Waals surface area contributed by atoms with E-state index in [4.69, 9.17) is 19.2 Å². The number of hydrogen-bond donors (Lipinski definition) is 1. The molecule has 44 heavy (non-hydrogen) atoms. The van der Waals surface area contributed by atoms with Gasteiger partial charge in [0, 0.05) is 16.5 Å². The van der Waals surface area contributed by atoms with Crippen LogP contribution < -0.4 is 24.4 Å². The summed E-state index contributed by atoms with van der Waals surface area (Å²) < 4.78 is 18.6. The van der Waals surface area contributed by atoms with E-state index in [1.807, 2.05) is 30.3 Å². The smallest absolute Gasteiger partial charge is 0.338 e. The first-order valence-electron chi connectivity index (χ1n) is 14.4. The Kier molecular flexibility index (Phi) is 7.73. The van der Waals surface area contributed by atoms with Crippen LogP contribution in [0, 0.1) is 13.8 Å². The van der Waals surface area contributed by atoms with Crippen LogP contribution >= 0.6 is 11.3 Å². The summed E-state index contributed by atoms with van der Waals surface area (Å²) in [5.74, 6) is 0.513. The fraction of sp³-hybridized carbons (Fsp3) is 0.229. The molecule has 0 fully saturated rings. The van der Waals surface area contributed by atoms with Crippen LogP contribution in [0.4, 0.5) is 0 Å². The highest BCUT2D eigenvalue weighted by molar-refractivity contribution is 7.07. The van der Waals surface area contributed by atoms with E-state index >= 15 is 0 Å². The van der Waals surface area contributed by atoms with Gasteiger partial charge in [0.15, 0.2) is 16.3 Å². The highest BCUT2D eigenvalue weighted by Crippen LogP contribution is 2.37. The summed E-state index contributed by atoms with van der Waals surface area (Å²) in [5.41, 5.74) is 7.39. The number of H-pyrrole nitrogens is 1. The van der Waals surface area contributed by atoms with Gasteiger partial charge in [0.2, 0.25) is 0 Å². The summed E-state index contributed by atoms with van der Waals surface area (Å²) >= 11 is 1.30. The molecule has 8 nitrogen and oxygen atoms in total. The third kappa shape index (κ3) is 4.93. The summed E-state index contributed by atoms with van der Waals surface area (Å²) in [4.78, 5) is 36.6. The Balaban J connectivity index is 1.63. The molecule has 0 aliphatic carbocycles. The predicted octanol–water partition coefficient (Wildman–Crippen LogP) is 5.58. The maximum Gasteiger partial charge on any atom is 0.338 e. The van der Waals surface area contributed by atoms with Crippen LogP contribution in [-0.4, -0.2) is 36.3 Å². The number of aromatic amines is 1. The van der Waals surface area contributed by atoms with E-state index < -0.39 is 12.0 Å². The molecule has 0 bridgehead atoms. The summed E-state index contributed by atoms with van der Waals surface area (Å²) in [6.45, 7) is 7.88. The molecule has 1 atom stereocenters. The number of nitrogens with zero attached hydrogens (tertiary/aromatic N) is 2. The van der Waals surface area contributed by atoms with Crippen molar-refractivity contribution in [2.24, 2.45) is 4.99 Å². The molecule has 3 heterocycles. The van der Waals surface area contributed by atoms with E-state index in [1.165, 1.54) is 11.3 Å². The van der Waals surface area contributed by atoms with Gasteiger partial charge in [-0.25, -0.2) is 9.79 Å². The third-order valence-electron chi connectivity index (χ3n) is 7.87. The van der Waals surface area contributed by atoms with Gasteiger partial charge in [0.1, 0.15) is 0 Å². The lowest BCUT2D eigenvalue weighted by atomic mass is 9.95. The molecule has 1 aliphatic heterocycles. The van der Waals surface area contributed by atoms with Crippen molar-refractivity contribution in [3.05, 3.63) is 114 Å². The van der Waals surface area contributed by atoms with Crippen molar-refractivity contribution >= 4 is 34.3 Å². The molecule has 0 spiro atoms. The van der Waals surface area contributed by atoms with Crippen molar-refractivity contribution in [1.29, 1.82) is 0 Å². The maximum absolute atomic E-state index is 14.4. The number of esters is 1. The SMILES string of the molecule is CCOC(=O)C1=C(C)N=c2s/c(=C/c3c(-c4ccccc4)[nH]c4c(C)cc(C)cc34)c(=O)n2[C@@H]1c1ccc(OC)c(OC)c1. The van der Waals surface area contributed by atoms with Crippen molar-refractivity contribution in [3.8, 4) is 22.8 Å². The number of ether oxygens (including phenoxy) is 3. The zero-order chi connectivity index (χ0) is 31.1. The Hall–Kier alpha value is -4.89. The molecule has 3 aromatic carbocycles. The summed E-state index contributed by atoms with van der Waals surface area (Å²) in [5, 5.41) is 1.03. The molecule has 1 N–H and O–H groups in total. The van der Waals surface area contributed by atoms with Gasteiger partial charge >= 0.3 is 5.97 Å². The lowest BCUT2D eigenvalue weighted by Crippen LogP contribution is -2.40. The second-order valence-corrected chi connectivity index (χ2v) is 11.7. The molecule has 0 saturated heterocycles. The van der Waals surface area contributed by atoms with E-state index in [-0.39, 0.29) is 12.2 Å². The number of carbonyl (C=O) groups is 1. The minimum absolute atomic E-state index is 0.195. The van der Waals surface area contributed by atoms with Crippen molar-refractivity contribution in [2.75, 3.05) is 20.8 Å². The molecular weight excluding hydrogens is 574 g/mol. The Morgan fingerprint density at radius 3 is 2.48 bits per heavy atom. The number of aryl methyl sites for hydroxylation is 2. The third-order valence-corrected chi connectivity index (χ3v) is 8.85. The summed E-state index contributed by atoms with van der Waals surface area (Å²) in [6, 6.07) is 19.0. The molecule has 9 heteroatoms.